The Balaban J connectivity index is 2.06. The van der Waals surface area contributed by atoms with Crippen LogP contribution >= 0.6 is 22.9 Å². The Hall–Kier alpha value is -1.63. The molecule has 5 nitrogen and oxygen atoms in total. The van der Waals surface area contributed by atoms with Gasteiger partial charge in [-0.1, -0.05) is 23.7 Å². The Bertz CT molecular complexity index is 724. The maximum atomic E-state index is 6.02. The molecular weight excluding hydrogens is 366 g/mol. The van der Waals surface area contributed by atoms with Crippen LogP contribution in [0.25, 0.3) is 0 Å². The lowest BCUT2D eigenvalue weighted by molar-refractivity contribution is 0.298. The topological polar surface area (TPSA) is 52.6 Å². The van der Waals surface area contributed by atoms with E-state index in [1.165, 1.54) is 10.4 Å². The number of nitrogens with zero attached hydrogens (tertiary/aromatic N) is 3. The van der Waals surface area contributed by atoms with Crippen molar-refractivity contribution < 1.29 is 0 Å². The van der Waals surface area contributed by atoms with Gasteiger partial charge in [0.05, 0.1) is 23.3 Å². The lowest BCUT2D eigenvalue weighted by Gasteiger charge is -2.26. The number of nitrogens with one attached hydrogen (secondary N) is 2. The van der Waals surface area contributed by atoms with Gasteiger partial charge in [-0.3, -0.25) is 0 Å². The molecule has 1 heterocycles. The highest BCUT2D eigenvalue weighted by atomic mass is 35.5. The first-order valence-electron chi connectivity index (χ1n) is 8.77. The number of thiazole rings is 1. The zero-order valence-corrected chi connectivity index (χ0v) is 17.7. The summed E-state index contributed by atoms with van der Waals surface area (Å²) in [5, 5.41) is 8.62. The Kier molecular flexibility index (Phi) is 7.87. The van der Waals surface area contributed by atoms with Gasteiger partial charge < -0.3 is 15.5 Å². The molecule has 1 aromatic heterocycles. The average Bonchev–Trinajstić information content (AvgIpc) is 2.91. The van der Waals surface area contributed by atoms with Crippen LogP contribution in [0.3, 0.4) is 0 Å². The van der Waals surface area contributed by atoms with E-state index < -0.39 is 0 Å². The van der Waals surface area contributed by atoms with E-state index in [4.69, 9.17) is 16.6 Å². The highest BCUT2D eigenvalue weighted by molar-refractivity contribution is 7.11. The van der Waals surface area contributed by atoms with E-state index in [0.29, 0.717) is 6.54 Å². The van der Waals surface area contributed by atoms with Crippen molar-refractivity contribution in [1.82, 2.24) is 20.5 Å². The molecule has 1 unspecified atom stereocenters. The van der Waals surface area contributed by atoms with Crippen molar-refractivity contribution in [3.05, 3.63) is 50.4 Å². The number of guanidine groups is 1. The van der Waals surface area contributed by atoms with E-state index in [-0.39, 0.29) is 6.04 Å². The maximum Gasteiger partial charge on any atom is 0.191 e. The van der Waals surface area contributed by atoms with Gasteiger partial charge in [0.2, 0.25) is 0 Å². The van der Waals surface area contributed by atoms with Crippen molar-refractivity contribution in [2.24, 2.45) is 4.99 Å². The second-order valence-electron chi connectivity index (χ2n) is 6.35. The second-order valence-corrected chi connectivity index (χ2v) is 8.07. The van der Waals surface area contributed by atoms with E-state index in [1.54, 1.807) is 11.3 Å². The molecule has 26 heavy (non-hydrogen) atoms. The van der Waals surface area contributed by atoms with Crippen LogP contribution in [0.1, 0.15) is 34.1 Å². The van der Waals surface area contributed by atoms with E-state index in [9.17, 15) is 0 Å². The zero-order valence-electron chi connectivity index (χ0n) is 16.1. The van der Waals surface area contributed by atoms with Crippen molar-refractivity contribution in [1.29, 1.82) is 0 Å². The van der Waals surface area contributed by atoms with Gasteiger partial charge in [0.15, 0.2) is 5.96 Å². The van der Waals surface area contributed by atoms with Crippen LogP contribution < -0.4 is 10.6 Å². The van der Waals surface area contributed by atoms with Gasteiger partial charge in [0, 0.05) is 23.0 Å². The summed E-state index contributed by atoms with van der Waals surface area (Å²) in [6.45, 7) is 8.35. The number of aromatic nitrogens is 1. The minimum atomic E-state index is 0.225. The third-order valence-electron chi connectivity index (χ3n) is 4.07. The van der Waals surface area contributed by atoms with Crippen LogP contribution in [-0.4, -0.2) is 43.0 Å². The van der Waals surface area contributed by atoms with E-state index in [2.05, 4.69) is 53.7 Å². The molecule has 0 aliphatic carbocycles. The van der Waals surface area contributed by atoms with Crippen LogP contribution in [0.2, 0.25) is 5.02 Å². The molecule has 142 valence electrons. The van der Waals surface area contributed by atoms with E-state index >= 15 is 0 Å². The van der Waals surface area contributed by atoms with E-state index in [1.807, 2.05) is 26.0 Å². The number of likely N-dealkylation sites (N-methyl/N-ethyl adjacent to an activating group) is 1. The summed E-state index contributed by atoms with van der Waals surface area (Å²) < 4.78 is 0. The molecule has 7 heteroatoms. The van der Waals surface area contributed by atoms with Crippen LogP contribution in [-0.2, 0) is 6.54 Å². The number of halogens is 1. The van der Waals surface area contributed by atoms with Gasteiger partial charge in [0.1, 0.15) is 0 Å². The largest absolute Gasteiger partial charge is 0.357 e. The van der Waals surface area contributed by atoms with Crippen molar-refractivity contribution in [2.45, 2.75) is 33.4 Å². The van der Waals surface area contributed by atoms with Gasteiger partial charge in [0.25, 0.3) is 0 Å². The molecule has 0 saturated heterocycles. The first-order valence-corrected chi connectivity index (χ1v) is 9.97. The van der Waals surface area contributed by atoms with Crippen molar-refractivity contribution in [3.63, 3.8) is 0 Å². The monoisotopic (exact) mass is 393 g/mol. The number of hydrogen-bond donors (Lipinski definition) is 2. The van der Waals surface area contributed by atoms with Crippen LogP contribution in [0.4, 0.5) is 0 Å². The van der Waals surface area contributed by atoms with Gasteiger partial charge in [-0.2, -0.15) is 0 Å². The normalized spacial score (nSPS) is 13.1. The summed E-state index contributed by atoms with van der Waals surface area (Å²) in [6.07, 6.45) is 0. The minimum absolute atomic E-state index is 0.225. The van der Waals surface area contributed by atoms with Crippen LogP contribution in [0.5, 0.6) is 0 Å². The molecule has 0 bridgehead atoms. The van der Waals surface area contributed by atoms with Gasteiger partial charge in [-0.05, 0) is 52.6 Å². The molecule has 0 spiro atoms. The number of benzene rings is 1. The standard InChI is InChI=1S/C19H28ClN5S/c1-6-21-19(23-12-18-13(2)24-14(3)26-18)22-11-17(25(4)5)15-7-9-16(20)10-8-15/h7-10,17H,6,11-12H2,1-5H3,(H2,21,22,23). The van der Waals surface area contributed by atoms with Gasteiger partial charge >= 0.3 is 0 Å². The Labute approximate surface area is 165 Å². The van der Waals surface area contributed by atoms with Crippen molar-refractivity contribution in [2.75, 3.05) is 27.2 Å². The molecule has 0 saturated carbocycles. The zero-order chi connectivity index (χ0) is 19.1. The van der Waals surface area contributed by atoms with Crippen molar-refractivity contribution >= 4 is 28.9 Å². The molecule has 0 radical (unpaired) electrons. The van der Waals surface area contributed by atoms with Crippen LogP contribution in [0, 0.1) is 13.8 Å². The summed E-state index contributed by atoms with van der Waals surface area (Å²) in [5.74, 6) is 0.818. The molecule has 2 aromatic rings. The minimum Gasteiger partial charge on any atom is -0.357 e. The molecule has 1 atom stereocenters. The lowest BCUT2D eigenvalue weighted by atomic mass is 10.1. The molecule has 1 aromatic carbocycles. The number of aryl methyl sites for hydroxylation is 2. The quantitative estimate of drug-likeness (QED) is 0.555. The fraction of sp³-hybridized carbons (Fsp3) is 0.474. The number of aliphatic imine (C=N–C) groups is 1. The van der Waals surface area contributed by atoms with Gasteiger partial charge in [-0.25, -0.2) is 9.98 Å². The highest BCUT2D eigenvalue weighted by Crippen LogP contribution is 2.20. The van der Waals surface area contributed by atoms with E-state index in [0.717, 1.165) is 34.8 Å². The fourth-order valence-electron chi connectivity index (χ4n) is 2.69. The summed E-state index contributed by atoms with van der Waals surface area (Å²) in [7, 11) is 4.16. The summed E-state index contributed by atoms with van der Waals surface area (Å²) in [4.78, 5) is 12.6. The molecular formula is C19H28ClN5S. The smallest absolute Gasteiger partial charge is 0.191 e. The molecule has 2 rings (SSSR count). The fourth-order valence-corrected chi connectivity index (χ4v) is 3.68. The molecule has 0 fully saturated rings. The van der Waals surface area contributed by atoms with Crippen molar-refractivity contribution in [3.8, 4) is 0 Å². The summed E-state index contributed by atoms with van der Waals surface area (Å²) in [5.41, 5.74) is 2.29. The summed E-state index contributed by atoms with van der Waals surface area (Å²) >= 11 is 7.72. The predicted molar refractivity (Wildman–Crippen MR) is 112 cm³/mol. The SMILES string of the molecule is CCNC(=NCc1sc(C)nc1C)NCC(c1ccc(Cl)cc1)N(C)C. The van der Waals surface area contributed by atoms with Crippen LogP contribution in [0.15, 0.2) is 29.3 Å². The van der Waals surface area contributed by atoms with Gasteiger partial charge in [-0.15, -0.1) is 11.3 Å². The highest BCUT2D eigenvalue weighted by Gasteiger charge is 2.15. The first-order chi connectivity index (χ1) is 12.4. The lowest BCUT2D eigenvalue weighted by Crippen LogP contribution is -2.41. The Morgan fingerprint density at radius 2 is 1.92 bits per heavy atom. The maximum absolute atomic E-state index is 6.02. The number of hydrogen-bond acceptors (Lipinski definition) is 4. The predicted octanol–water partition coefficient (Wildman–Crippen LogP) is 3.77. The third-order valence-corrected chi connectivity index (χ3v) is 5.38. The second kappa shape index (κ2) is 9.90. The molecule has 0 aliphatic heterocycles. The third kappa shape index (κ3) is 5.97. The molecule has 0 amide bonds. The molecule has 0 aliphatic rings. The first kappa shape index (κ1) is 20.7. The Morgan fingerprint density at radius 1 is 1.23 bits per heavy atom. The average molecular weight is 394 g/mol. The molecule has 2 N–H and O–H groups in total. The Morgan fingerprint density at radius 3 is 2.46 bits per heavy atom. The number of rotatable bonds is 7. The summed E-state index contributed by atoms with van der Waals surface area (Å²) in [6, 6.07) is 8.23.